The van der Waals surface area contributed by atoms with Crippen molar-refractivity contribution in [2.24, 2.45) is 0 Å². The number of hydrogen-bond donors (Lipinski definition) is 1. The maximum atomic E-state index is 7.25. The molecule has 58 heavy (non-hydrogen) atoms. The fraction of sp³-hybridized carbons (Fsp3) is 0.0877. The minimum atomic E-state index is 0.779. The van der Waals surface area contributed by atoms with Gasteiger partial charge in [0.1, 0.15) is 0 Å². The SMILES string of the molecule is CCCC.Cc1c(-c2ccc3ccccc3c2)cc(-c2cc(-c3ccc4ccccc4c3)c(N)c(-c3ccc4ccccc4c3)c2)cc1-c1ccc2ccccc2c1. The number of rotatable bonds is 6. The van der Waals surface area contributed by atoms with E-state index in [1.165, 1.54) is 83.7 Å². The van der Waals surface area contributed by atoms with Crippen LogP contribution in [0.25, 0.3) is 98.7 Å². The molecule has 0 aliphatic heterocycles. The van der Waals surface area contributed by atoms with E-state index >= 15 is 0 Å². The fourth-order valence-electron chi connectivity index (χ4n) is 8.21. The smallest absolute Gasteiger partial charge is 0.0473 e. The third-order valence-electron chi connectivity index (χ3n) is 11.7. The number of nitrogen functional groups attached to an aromatic ring is 1. The van der Waals surface area contributed by atoms with Crippen molar-refractivity contribution >= 4 is 48.8 Å². The van der Waals surface area contributed by atoms with Crippen LogP contribution in [0.1, 0.15) is 32.3 Å². The number of benzene rings is 10. The first-order valence-corrected chi connectivity index (χ1v) is 20.5. The normalized spacial score (nSPS) is 11.2. The van der Waals surface area contributed by atoms with Gasteiger partial charge in [-0.3, -0.25) is 0 Å². The van der Waals surface area contributed by atoms with E-state index in [2.05, 4.69) is 215 Å². The zero-order chi connectivity index (χ0) is 39.6. The molecule has 280 valence electrons. The van der Waals surface area contributed by atoms with Crippen LogP contribution in [0, 0.1) is 6.92 Å². The molecular formula is C57H47N. The monoisotopic (exact) mass is 745 g/mol. The van der Waals surface area contributed by atoms with Gasteiger partial charge in [0, 0.05) is 16.8 Å². The Balaban J connectivity index is 0.00000104. The molecule has 1 nitrogen and oxygen atoms in total. The van der Waals surface area contributed by atoms with Crippen LogP contribution in [-0.4, -0.2) is 0 Å². The predicted molar refractivity (Wildman–Crippen MR) is 253 cm³/mol. The summed E-state index contributed by atoms with van der Waals surface area (Å²) in [5.41, 5.74) is 20.7. The predicted octanol–water partition coefficient (Wildman–Crippen LogP) is 16.3. The molecule has 0 aromatic heterocycles. The maximum absolute atomic E-state index is 7.25. The molecule has 10 aromatic carbocycles. The summed E-state index contributed by atoms with van der Waals surface area (Å²) in [6, 6.07) is 70.6. The first-order chi connectivity index (χ1) is 28.5. The van der Waals surface area contributed by atoms with Crippen LogP contribution in [0.5, 0.6) is 0 Å². The second kappa shape index (κ2) is 15.9. The molecule has 0 fully saturated rings. The fourth-order valence-corrected chi connectivity index (χ4v) is 8.21. The molecule has 0 bridgehead atoms. The second-order valence-corrected chi connectivity index (χ2v) is 15.4. The standard InChI is InChI=1S/C53H37N.C4H10/c1-34-49(43-22-18-35-10-2-6-14-39(35)26-43)30-47(31-50(34)44-23-19-36-11-3-7-15-40(36)27-44)48-32-51(45-24-20-37-12-4-8-16-41(37)28-45)53(54)52(33-48)46-25-21-38-13-5-9-17-42(38)29-46;1-3-4-2/h2-33H,54H2,1H3;3-4H2,1-2H3. The van der Waals surface area contributed by atoms with Crippen molar-refractivity contribution in [1.82, 2.24) is 0 Å². The molecule has 2 N–H and O–H groups in total. The molecule has 0 radical (unpaired) electrons. The number of nitrogens with two attached hydrogens (primary N) is 1. The maximum Gasteiger partial charge on any atom is 0.0473 e. The highest BCUT2D eigenvalue weighted by Gasteiger charge is 2.18. The van der Waals surface area contributed by atoms with Crippen LogP contribution in [0.2, 0.25) is 0 Å². The van der Waals surface area contributed by atoms with Crippen LogP contribution in [0.3, 0.4) is 0 Å². The van der Waals surface area contributed by atoms with Gasteiger partial charge in [-0.05, 0) is 149 Å². The molecule has 10 aromatic rings. The Morgan fingerprint density at radius 3 is 0.845 bits per heavy atom. The lowest BCUT2D eigenvalue weighted by atomic mass is 9.85. The molecule has 0 atom stereocenters. The van der Waals surface area contributed by atoms with Crippen LogP contribution in [0.15, 0.2) is 194 Å². The van der Waals surface area contributed by atoms with E-state index in [0.717, 1.165) is 39.1 Å². The average Bonchev–Trinajstić information content (AvgIpc) is 3.28. The summed E-state index contributed by atoms with van der Waals surface area (Å²) >= 11 is 0. The topological polar surface area (TPSA) is 26.0 Å². The van der Waals surface area contributed by atoms with Gasteiger partial charge in [0.2, 0.25) is 0 Å². The molecule has 0 heterocycles. The Morgan fingerprint density at radius 1 is 0.293 bits per heavy atom. The number of fused-ring (bicyclic) bond motifs is 4. The van der Waals surface area contributed by atoms with Crippen molar-refractivity contribution in [2.75, 3.05) is 5.73 Å². The minimum Gasteiger partial charge on any atom is -0.398 e. The largest absolute Gasteiger partial charge is 0.398 e. The van der Waals surface area contributed by atoms with E-state index in [-0.39, 0.29) is 0 Å². The Labute approximate surface area is 342 Å². The third-order valence-corrected chi connectivity index (χ3v) is 11.7. The van der Waals surface area contributed by atoms with Gasteiger partial charge in [-0.25, -0.2) is 0 Å². The number of hydrogen-bond acceptors (Lipinski definition) is 1. The summed E-state index contributed by atoms with van der Waals surface area (Å²) in [5.74, 6) is 0. The Kier molecular flexibility index (Phi) is 10.0. The van der Waals surface area contributed by atoms with Gasteiger partial charge in [0.25, 0.3) is 0 Å². The van der Waals surface area contributed by atoms with Crippen molar-refractivity contribution < 1.29 is 0 Å². The second-order valence-electron chi connectivity index (χ2n) is 15.4. The quantitative estimate of drug-likeness (QED) is 0.169. The Hall–Kier alpha value is -6.96. The summed E-state index contributed by atoms with van der Waals surface area (Å²) in [6.07, 6.45) is 2.64. The van der Waals surface area contributed by atoms with Gasteiger partial charge in [0.05, 0.1) is 0 Å². The molecule has 10 rings (SSSR count). The van der Waals surface area contributed by atoms with Gasteiger partial charge in [-0.1, -0.05) is 172 Å². The highest BCUT2D eigenvalue weighted by atomic mass is 14.6. The first-order valence-electron chi connectivity index (χ1n) is 20.5. The van der Waals surface area contributed by atoms with E-state index in [9.17, 15) is 0 Å². The average molecular weight is 746 g/mol. The molecule has 0 saturated carbocycles. The van der Waals surface area contributed by atoms with Gasteiger partial charge in [-0.2, -0.15) is 0 Å². The third kappa shape index (κ3) is 7.12. The molecule has 0 unspecified atom stereocenters. The van der Waals surface area contributed by atoms with Crippen LogP contribution < -0.4 is 5.73 Å². The van der Waals surface area contributed by atoms with Gasteiger partial charge >= 0.3 is 0 Å². The minimum absolute atomic E-state index is 0.779. The lowest BCUT2D eigenvalue weighted by Gasteiger charge is -2.19. The van der Waals surface area contributed by atoms with Crippen molar-refractivity contribution in [3.05, 3.63) is 200 Å². The zero-order valence-electron chi connectivity index (χ0n) is 33.5. The van der Waals surface area contributed by atoms with Crippen LogP contribution in [-0.2, 0) is 0 Å². The van der Waals surface area contributed by atoms with Crippen molar-refractivity contribution in [1.29, 1.82) is 0 Å². The molecule has 0 spiro atoms. The Morgan fingerprint density at radius 2 is 0.552 bits per heavy atom. The molecular weight excluding hydrogens is 699 g/mol. The summed E-state index contributed by atoms with van der Waals surface area (Å²) in [5, 5.41) is 9.76. The molecule has 0 amide bonds. The number of unbranched alkanes of at least 4 members (excludes halogenated alkanes) is 1. The highest BCUT2D eigenvalue weighted by molar-refractivity contribution is 6.00. The lowest BCUT2D eigenvalue weighted by Crippen LogP contribution is -1.97. The summed E-state index contributed by atoms with van der Waals surface area (Å²) < 4.78 is 0. The molecule has 0 aliphatic carbocycles. The van der Waals surface area contributed by atoms with Gasteiger partial charge in [0.15, 0.2) is 0 Å². The molecule has 0 saturated heterocycles. The summed E-state index contributed by atoms with van der Waals surface area (Å²) in [7, 11) is 0. The van der Waals surface area contributed by atoms with Gasteiger partial charge in [-0.15, -0.1) is 0 Å². The van der Waals surface area contributed by atoms with E-state index in [1.54, 1.807) is 0 Å². The van der Waals surface area contributed by atoms with E-state index in [1.807, 2.05) is 0 Å². The molecule has 1 heteroatoms. The summed E-state index contributed by atoms with van der Waals surface area (Å²) in [6.45, 7) is 6.63. The molecule has 0 aliphatic rings. The first kappa shape index (κ1) is 36.7. The van der Waals surface area contributed by atoms with E-state index < -0.39 is 0 Å². The van der Waals surface area contributed by atoms with Gasteiger partial charge < -0.3 is 5.73 Å². The van der Waals surface area contributed by atoms with E-state index in [4.69, 9.17) is 5.73 Å². The summed E-state index contributed by atoms with van der Waals surface area (Å²) in [4.78, 5) is 0. The Bertz CT molecular complexity index is 2700. The highest BCUT2D eigenvalue weighted by Crippen LogP contribution is 2.44. The van der Waals surface area contributed by atoms with Crippen molar-refractivity contribution in [2.45, 2.75) is 33.6 Å². The van der Waals surface area contributed by atoms with Crippen molar-refractivity contribution in [3.63, 3.8) is 0 Å². The lowest BCUT2D eigenvalue weighted by molar-refractivity contribution is 0.886. The van der Waals surface area contributed by atoms with Crippen LogP contribution >= 0.6 is 0 Å². The van der Waals surface area contributed by atoms with Crippen molar-refractivity contribution in [3.8, 4) is 55.6 Å². The number of anilines is 1. The van der Waals surface area contributed by atoms with E-state index in [0.29, 0.717) is 0 Å². The zero-order valence-corrected chi connectivity index (χ0v) is 33.5. The van der Waals surface area contributed by atoms with Crippen LogP contribution in [0.4, 0.5) is 5.69 Å².